The zero-order valence-electron chi connectivity index (χ0n) is 8.13. The van der Waals surface area contributed by atoms with Gasteiger partial charge in [0.1, 0.15) is 5.56 Å². The van der Waals surface area contributed by atoms with E-state index >= 15 is 0 Å². The summed E-state index contributed by atoms with van der Waals surface area (Å²) in [5.74, 6) is -0.469. The summed E-state index contributed by atoms with van der Waals surface area (Å²) in [6.45, 7) is 1.76. The lowest BCUT2D eigenvalue weighted by molar-refractivity contribution is 0.0943. The highest BCUT2D eigenvalue weighted by molar-refractivity contribution is 14.1. The Morgan fingerprint density at radius 3 is 2.93 bits per heavy atom. The Kier molecular flexibility index (Phi) is 4.28. The van der Waals surface area contributed by atoms with Gasteiger partial charge in [-0.1, -0.05) is 0 Å². The highest BCUT2D eigenvalue weighted by Gasteiger charge is 2.11. The maximum absolute atomic E-state index is 11.4. The van der Waals surface area contributed by atoms with Gasteiger partial charge in [-0.25, -0.2) is 0 Å². The van der Waals surface area contributed by atoms with E-state index in [1.165, 1.54) is 6.07 Å². The minimum Gasteiger partial charge on any atom is -0.395 e. The third-order valence-corrected chi connectivity index (χ3v) is 2.94. The first-order valence-electron chi connectivity index (χ1n) is 4.34. The number of pyridine rings is 1. The smallest absolute Gasteiger partial charge is 0.261 e. The summed E-state index contributed by atoms with van der Waals surface area (Å²) >= 11 is 2.04. The van der Waals surface area contributed by atoms with Crippen molar-refractivity contribution in [3.63, 3.8) is 0 Å². The third kappa shape index (κ3) is 3.03. The molecule has 0 bridgehead atoms. The largest absolute Gasteiger partial charge is 0.395 e. The van der Waals surface area contributed by atoms with Crippen molar-refractivity contribution in [2.75, 3.05) is 13.2 Å². The summed E-state index contributed by atoms with van der Waals surface area (Å²) in [6.07, 6.45) is 0. The molecule has 0 radical (unpaired) electrons. The SMILES string of the molecule is Cc1[nH]c(=O)c(C(=O)NCCO)cc1I. The van der Waals surface area contributed by atoms with Crippen LogP contribution in [-0.4, -0.2) is 29.1 Å². The van der Waals surface area contributed by atoms with Crippen molar-refractivity contribution < 1.29 is 9.90 Å². The fraction of sp³-hybridized carbons (Fsp3) is 0.333. The number of aliphatic hydroxyl groups excluding tert-OH is 1. The number of H-pyrrole nitrogens is 1. The molecule has 0 spiro atoms. The topological polar surface area (TPSA) is 82.2 Å². The van der Waals surface area contributed by atoms with Crippen molar-refractivity contribution in [3.8, 4) is 0 Å². The predicted molar refractivity (Wildman–Crippen MR) is 63.9 cm³/mol. The summed E-state index contributed by atoms with van der Waals surface area (Å²) < 4.78 is 0.821. The number of carbonyl (C=O) groups excluding carboxylic acids is 1. The van der Waals surface area contributed by atoms with Gasteiger partial charge in [-0.05, 0) is 35.6 Å². The van der Waals surface area contributed by atoms with E-state index in [2.05, 4.69) is 10.3 Å². The Bertz CT molecular complexity index is 428. The molecule has 0 unspecified atom stereocenters. The molecule has 1 rings (SSSR count). The van der Waals surface area contributed by atoms with E-state index in [4.69, 9.17) is 5.11 Å². The van der Waals surface area contributed by atoms with Gasteiger partial charge in [-0.2, -0.15) is 0 Å². The molecule has 15 heavy (non-hydrogen) atoms. The number of aromatic nitrogens is 1. The van der Waals surface area contributed by atoms with Crippen molar-refractivity contribution in [2.45, 2.75) is 6.92 Å². The highest BCUT2D eigenvalue weighted by Crippen LogP contribution is 2.07. The van der Waals surface area contributed by atoms with Gasteiger partial charge in [0.05, 0.1) is 6.61 Å². The minimum atomic E-state index is -0.469. The van der Waals surface area contributed by atoms with Crippen LogP contribution < -0.4 is 10.9 Å². The lowest BCUT2D eigenvalue weighted by atomic mass is 10.2. The Labute approximate surface area is 100 Å². The number of carbonyl (C=O) groups is 1. The van der Waals surface area contributed by atoms with Gasteiger partial charge in [-0.3, -0.25) is 9.59 Å². The number of hydrogen-bond acceptors (Lipinski definition) is 3. The van der Waals surface area contributed by atoms with Crippen LogP contribution in [0.3, 0.4) is 0 Å². The van der Waals surface area contributed by atoms with Gasteiger partial charge in [0.25, 0.3) is 11.5 Å². The van der Waals surface area contributed by atoms with E-state index in [9.17, 15) is 9.59 Å². The number of rotatable bonds is 3. The second-order valence-electron chi connectivity index (χ2n) is 2.96. The van der Waals surface area contributed by atoms with Crippen molar-refractivity contribution in [1.82, 2.24) is 10.3 Å². The zero-order chi connectivity index (χ0) is 11.4. The molecular formula is C9H11IN2O3. The van der Waals surface area contributed by atoms with Gasteiger partial charge < -0.3 is 15.4 Å². The van der Waals surface area contributed by atoms with E-state index in [-0.39, 0.29) is 18.7 Å². The van der Waals surface area contributed by atoms with E-state index < -0.39 is 11.5 Å². The summed E-state index contributed by atoms with van der Waals surface area (Å²) in [7, 11) is 0. The Hall–Kier alpha value is -0.890. The number of halogens is 1. The molecule has 0 aliphatic carbocycles. The summed E-state index contributed by atoms with van der Waals surface area (Å²) in [4.78, 5) is 25.4. The number of aliphatic hydroxyl groups is 1. The number of aryl methyl sites for hydroxylation is 1. The minimum absolute atomic E-state index is 0.0680. The molecule has 0 saturated heterocycles. The lowest BCUT2D eigenvalue weighted by Gasteiger charge is -2.04. The fourth-order valence-electron chi connectivity index (χ4n) is 1.03. The summed E-state index contributed by atoms with van der Waals surface area (Å²) in [5, 5.41) is 11.0. The van der Waals surface area contributed by atoms with Crippen molar-refractivity contribution in [1.29, 1.82) is 0 Å². The van der Waals surface area contributed by atoms with Crippen molar-refractivity contribution >= 4 is 28.5 Å². The van der Waals surface area contributed by atoms with Crippen molar-refractivity contribution in [3.05, 3.63) is 31.2 Å². The standard InChI is InChI=1S/C9H11IN2O3/c1-5-7(10)4-6(9(15)12-5)8(14)11-2-3-13/h4,13H,2-3H2,1H3,(H,11,14)(H,12,15). The van der Waals surface area contributed by atoms with Crippen LogP contribution in [0.4, 0.5) is 0 Å². The average Bonchev–Trinajstić information content (AvgIpc) is 2.20. The van der Waals surface area contributed by atoms with Crippen LogP contribution in [-0.2, 0) is 0 Å². The zero-order valence-corrected chi connectivity index (χ0v) is 10.3. The molecule has 1 heterocycles. The van der Waals surface area contributed by atoms with Gasteiger partial charge in [0, 0.05) is 15.8 Å². The van der Waals surface area contributed by atoms with Crippen LogP contribution in [0.15, 0.2) is 10.9 Å². The van der Waals surface area contributed by atoms with Crippen LogP contribution in [0.1, 0.15) is 16.1 Å². The second-order valence-corrected chi connectivity index (χ2v) is 4.13. The van der Waals surface area contributed by atoms with Crippen LogP contribution >= 0.6 is 22.6 Å². The van der Waals surface area contributed by atoms with Gasteiger partial charge in [-0.15, -0.1) is 0 Å². The molecule has 6 heteroatoms. The first-order valence-corrected chi connectivity index (χ1v) is 5.42. The van der Waals surface area contributed by atoms with E-state index in [0.29, 0.717) is 0 Å². The number of aromatic amines is 1. The second kappa shape index (κ2) is 5.26. The molecule has 3 N–H and O–H groups in total. The number of amides is 1. The molecule has 1 aromatic heterocycles. The molecular weight excluding hydrogens is 311 g/mol. The molecule has 5 nitrogen and oxygen atoms in total. The first kappa shape index (κ1) is 12.2. The van der Waals surface area contributed by atoms with Crippen LogP contribution in [0.2, 0.25) is 0 Å². The quantitative estimate of drug-likeness (QED) is 0.686. The fourth-order valence-corrected chi connectivity index (χ4v) is 1.48. The Morgan fingerprint density at radius 1 is 1.67 bits per heavy atom. The summed E-state index contributed by atoms with van der Waals surface area (Å²) in [5.41, 5.74) is 0.390. The van der Waals surface area contributed by atoms with Crippen molar-refractivity contribution in [2.24, 2.45) is 0 Å². The number of hydrogen-bond donors (Lipinski definition) is 3. The molecule has 0 aliphatic rings. The molecule has 0 fully saturated rings. The van der Waals surface area contributed by atoms with Crippen LogP contribution in [0.25, 0.3) is 0 Å². The maximum Gasteiger partial charge on any atom is 0.261 e. The molecule has 0 atom stereocenters. The highest BCUT2D eigenvalue weighted by atomic mass is 127. The van der Waals surface area contributed by atoms with Crippen LogP contribution in [0, 0.1) is 10.5 Å². The summed E-state index contributed by atoms with van der Waals surface area (Å²) in [6, 6.07) is 1.53. The van der Waals surface area contributed by atoms with Gasteiger partial charge in [0.15, 0.2) is 0 Å². The molecule has 0 saturated carbocycles. The molecule has 1 aromatic rings. The van der Waals surface area contributed by atoms with Crippen LogP contribution in [0.5, 0.6) is 0 Å². The first-order chi connectivity index (χ1) is 7.06. The van der Waals surface area contributed by atoms with E-state index in [1.807, 2.05) is 22.6 Å². The third-order valence-electron chi connectivity index (χ3n) is 1.82. The lowest BCUT2D eigenvalue weighted by Crippen LogP contribution is -2.31. The Balaban J connectivity index is 2.99. The average molecular weight is 322 g/mol. The predicted octanol–water partition coefficient (Wildman–Crippen LogP) is 0.0100. The molecule has 0 aromatic carbocycles. The Morgan fingerprint density at radius 2 is 2.33 bits per heavy atom. The normalized spacial score (nSPS) is 10.1. The monoisotopic (exact) mass is 322 g/mol. The van der Waals surface area contributed by atoms with E-state index in [1.54, 1.807) is 6.92 Å². The molecule has 0 aliphatic heterocycles. The van der Waals surface area contributed by atoms with Gasteiger partial charge in [0.2, 0.25) is 0 Å². The van der Waals surface area contributed by atoms with E-state index in [0.717, 1.165) is 9.26 Å². The molecule has 1 amide bonds. The maximum atomic E-state index is 11.4. The van der Waals surface area contributed by atoms with Gasteiger partial charge >= 0.3 is 0 Å². The number of nitrogens with one attached hydrogen (secondary N) is 2. The molecule has 82 valence electrons.